The van der Waals surface area contributed by atoms with Gasteiger partial charge in [-0.2, -0.15) is 4.31 Å². The van der Waals surface area contributed by atoms with Crippen LogP contribution in [-0.4, -0.2) is 52.2 Å². The van der Waals surface area contributed by atoms with Gasteiger partial charge in [0.25, 0.3) is 0 Å². The third-order valence-corrected chi connectivity index (χ3v) is 5.09. The van der Waals surface area contributed by atoms with Gasteiger partial charge in [0.1, 0.15) is 4.90 Å². The molecule has 1 fully saturated rings. The predicted molar refractivity (Wildman–Crippen MR) is 76.8 cm³/mol. The van der Waals surface area contributed by atoms with Crippen molar-refractivity contribution < 1.29 is 22.7 Å². The molecule has 1 amide bonds. The summed E-state index contributed by atoms with van der Waals surface area (Å²) in [6.07, 6.45) is -0.711. The zero-order valence-electron chi connectivity index (χ0n) is 12.0. The normalized spacial score (nSPS) is 16.5. The zero-order valence-corrected chi connectivity index (χ0v) is 12.8. The summed E-state index contributed by atoms with van der Waals surface area (Å²) in [6, 6.07) is 4.82. The number of nitrogens with zero attached hydrogens (tertiary/aromatic N) is 1. The average Bonchev–Trinajstić information content (AvgIpc) is 2.49. The maximum atomic E-state index is 12.7. The van der Waals surface area contributed by atoms with Crippen LogP contribution in [0.3, 0.4) is 0 Å². The van der Waals surface area contributed by atoms with Gasteiger partial charge < -0.3 is 9.47 Å². The topological polar surface area (TPSA) is 84.9 Å². The first-order chi connectivity index (χ1) is 9.95. The maximum Gasteiger partial charge on any atom is 0.411 e. The van der Waals surface area contributed by atoms with E-state index in [-0.39, 0.29) is 10.6 Å². The quantitative estimate of drug-likeness (QED) is 0.906. The van der Waals surface area contributed by atoms with E-state index in [1.807, 2.05) is 0 Å². The molecule has 0 spiro atoms. The van der Waals surface area contributed by atoms with Crippen molar-refractivity contribution >= 4 is 21.8 Å². The van der Waals surface area contributed by atoms with Gasteiger partial charge in [0.15, 0.2) is 0 Å². The molecule has 0 saturated carbocycles. The number of hydrogen-bond donors (Lipinski definition) is 1. The van der Waals surface area contributed by atoms with Crippen LogP contribution in [0.5, 0.6) is 0 Å². The summed E-state index contributed by atoms with van der Waals surface area (Å²) in [5.41, 5.74) is 0.996. The van der Waals surface area contributed by atoms with Gasteiger partial charge in [-0.3, -0.25) is 5.32 Å². The van der Waals surface area contributed by atoms with Crippen molar-refractivity contribution in [3.8, 4) is 0 Å². The second-order valence-corrected chi connectivity index (χ2v) is 6.54. The number of nitrogens with one attached hydrogen (secondary N) is 1. The molecule has 116 valence electrons. The summed E-state index contributed by atoms with van der Waals surface area (Å²) in [4.78, 5) is 11.4. The van der Waals surface area contributed by atoms with Gasteiger partial charge in [0, 0.05) is 13.1 Å². The van der Waals surface area contributed by atoms with Gasteiger partial charge in [-0.25, -0.2) is 13.2 Å². The summed E-state index contributed by atoms with van der Waals surface area (Å²) in [5.74, 6) is 0. The first-order valence-electron chi connectivity index (χ1n) is 6.48. The fraction of sp³-hybridized carbons (Fsp3) is 0.462. The van der Waals surface area contributed by atoms with Gasteiger partial charge in [-0.15, -0.1) is 0 Å². The monoisotopic (exact) mass is 314 g/mol. The number of benzene rings is 1. The number of rotatable bonds is 3. The molecule has 1 N–H and O–H groups in total. The Hall–Kier alpha value is -1.64. The molecule has 0 unspecified atom stereocenters. The van der Waals surface area contributed by atoms with Crippen LogP contribution >= 0.6 is 0 Å². The van der Waals surface area contributed by atoms with Crippen LogP contribution in [0.4, 0.5) is 10.5 Å². The first kappa shape index (κ1) is 15.7. The minimum atomic E-state index is -3.69. The second-order valence-electron chi connectivity index (χ2n) is 4.63. The Kier molecular flexibility index (Phi) is 4.81. The third-order valence-electron chi connectivity index (χ3n) is 3.15. The molecular weight excluding hydrogens is 296 g/mol. The molecule has 21 heavy (non-hydrogen) atoms. The summed E-state index contributed by atoms with van der Waals surface area (Å²) < 4.78 is 36.5. The molecule has 8 heteroatoms. The SMILES string of the molecule is COC(=O)Nc1ccc(C)cc1S(=O)(=O)N1CCOCC1. The number of carbonyl (C=O) groups is 1. The lowest BCUT2D eigenvalue weighted by atomic mass is 10.2. The van der Waals surface area contributed by atoms with Crippen LogP contribution in [0.2, 0.25) is 0 Å². The molecule has 0 aromatic heterocycles. The third kappa shape index (κ3) is 3.52. The molecule has 1 aliphatic heterocycles. The Labute approximate surface area is 123 Å². The van der Waals surface area contributed by atoms with Gasteiger partial charge in [0.05, 0.1) is 26.0 Å². The molecule has 7 nitrogen and oxygen atoms in total. The van der Waals surface area contributed by atoms with Crippen molar-refractivity contribution in [2.24, 2.45) is 0 Å². The van der Waals surface area contributed by atoms with E-state index in [1.54, 1.807) is 19.1 Å². The number of sulfonamides is 1. The lowest BCUT2D eigenvalue weighted by Crippen LogP contribution is -2.40. The number of anilines is 1. The molecule has 0 radical (unpaired) electrons. The lowest BCUT2D eigenvalue weighted by molar-refractivity contribution is 0.0730. The summed E-state index contributed by atoms with van der Waals surface area (Å²) in [7, 11) is -2.46. The van der Waals surface area contributed by atoms with E-state index in [0.29, 0.717) is 26.3 Å². The van der Waals surface area contributed by atoms with Crippen molar-refractivity contribution in [2.75, 3.05) is 38.7 Å². The number of carbonyl (C=O) groups excluding carboxylic acids is 1. The molecule has 0 atom stereocenters. The molecular formula is C13H18N2O5S. The standard InChI is InChI=1S/C13H18N2O5S/c1-10-3-4-11(14-13(16)19-2)12(9-10)21(17,18)15-5-7-20-8-6-15/h3-4,9H,5-8H2,1-2H3,(H,14,16). The van der Waals surface area contributed by atoms with Gasteiger partial charge in [-0.1, -0.05) is 6.07 Å². The van der Waals surface area contributed by atoms with Crippen molar-refractivity contribution in [3.63, 3.8) is 0 Å². The Bertz CT molecular complexity index is 623. The predicted octanol–water partition coefficient (Wildman–Crippen LogP) is 1.19. The minimum absolute atomic E-state index is 0.0646. The highest BCUT2D eigenvalue weighted by Gasteiger charge is 2.29. The Balaban J connectivity index is 2.40. The number of methoxy groups -OCH3 is 1. The molecule has 1 aromatic carbocycles. The number of ether oxygens (including phenoxy) is 2. The minimum Gasteiger partial charge on any atom is -0.453 e. The van der Waals surface area contributed by atoms with Crippen LogP contribution in [0, 0.1) is 6.92 Å². The Morgan fingerprint density at radius 2 is 2.00 bits per heavy atom. The first-order valence-corrected chi connectivity index (χ1v) is 7.92. The number of hydrogen-bond acceptors (Lipinski definition) is 5. The smallest absolute Gasteiger partial charge is 0.411 e. The van der Waals surface area contributed by atoms with E-state index in [2.05, 4.69) is 10.1 Å². The highest BCUT2D eigenvalue weighted by Crippen LogP contribution is 2.26. The van der Waals surface area contributed by atoms with Crippen LogP contribution in [0.25, 0.3) is 0 Å². The second kappa shape index (κ2) is 6.42. The number of aryl methyl sites for hydroxylation is 1. The van der Waals surface area contributed by atoms with Crippen LogP contribution in [0.15, 0.2) is 23.1 Å². The average molecular weight is 314 g/mol. The lowest BCUT2D eigenvalue weighted by Gasteiger charge is -2.27. The van der Waals surface area contributed by atoms with Crippen molar-refractivity contribution in [3.05, 3.63) is 23.8 Å². The van der Waals surface area contributed by atoms with E-state index in [1.165, 1.54) is 17.5 Å². The van der Waals surface area contributed by atoms with Gasteiger partial charge in [0.2, 0.25) is 10.0 Å². The molecule has 1 aromatic rings. The summed E-state index contributed by atoms with van der Waals surface area (Å²) in [6.45, 7) is 3.12. The Morgan fingerprint density at radius 1 is 1.33 bits per heavy atom. The highest BCUT2D eigenvalue weighted by atomic mass is 32.2. The van der Waals surface area contributed by atoms with Gasteiger partial charge >= 0.3 is 6.09 Å². The zero-order chi connectivity index (χ0) is 15.5. The van der Waals surface area contributed by atoms with E-state index in [9.17, 15) is 13.2 Å². The van der Waals surface area contributed by atoms with Gasteiger partial charge in [-0.05, 0) is 24.6 Å². The molecule has 0 aliphatic carbocycles. The maximum absolute atomic E-state index is 12.7. The highest BCUT2D eigenvalue weighted by molar-refractivity contribution is 7.89. The van der Waals surface area contributed by atoms with Crippen molar-refractivity contribution in [1.82, 2.24) is 4.31 Å². The largest absolute Gasteiger partial charge is 0.453 e. The van der Waals surface area contributed by atoms with Crippen molar-refractivity contribution in [2.45, 2.75) is 11.8 Å². The summed E-state index contributed by atoms with van der Waals surface area (Å²) in [5, 5.41) is 2.43. The van der Waals surface area contributed by atoms with E-state index in [0.717, 1.165) is 5.56 Å². The van der Waals surface area contributed by atoms with E-state index < -0.39 is 16.1 Å². The fourth-order valence-corrected chi connectivity index (χ4v) is 3.67. The van der Waals surface area contributed by atoms with Crippen LogP contribution < -0.4 is 5.32 Å². The molecule has 2 rings (SSSR count). The van der Waals surface area contributed by atoms with E-state index in [4.69, 9.17) is 4.74 Å². The molecule has 0 bridgehead atoms. The van der Waals surface area contributed by atoms with Crippen LogP contribution in [0.1, 0.15) is 5.56 Å². The van der Waals surface area contributed by atoms with Crippen molar-refractivity contribution in [1.29, 1.82) is 0 Å². The molecule has 1 heterocycles. The summed E-state index contributed by atoms with van der Waals surface area (Å²) >= 11 is 0. The molecule has 1 aliphatic rings. The van der Waals surface area contributed by atoms with Crippen LogP contribution in [-0.2, 0) is 19.5 Å². The van der Waals surface area contributed by atoms with E-state index >= 15 is 0 Å². The number of amides is 1. The number of morpholine rings is 1. The Morgan fingerprint density at radius 3 is 2.62 bits per heavy atom. The fourth-order valence-electron chi connectivity index (χ4n) is 2.03. The molecule has 1 saturated heterocycles.